The second-order valence-corrected chi connectivity index (χ2v) is 4.63. The molecule has 2 aromatic rings. The fourth-order valence-corrected chi connectivity index (χ4v) is 1.91. The minimum Gasteiger partial charge on any atom is -0.378 e. The molecule has 2 rings (SSSR count). The van der Waals surface area contributed by atoms with E-state index in [0.29, 0.717) is 5.82 Å². The number of pyridine rings is 1. The van der Waals surface area contributed by atoms with Crippen molar-refractivity contribution in [2.75, 3.05) is 11.1 Å². The summed E-state index contributed by atoms with van der Waals surface area (Å²) in [6, 6.07) is 10.5. The number of hydrogen-bond donors (Lipinski definition) is 2. The molecule has 3 N–H and O–H groups in total. The minimum atomic E-state index is -0.557. The number of halogens is 1. The summed E-state index contributed by atoms with van der Waals surface area (Å²) < 4.78 is 1.02. The van der Waals surface area contributed by atoms with Gasteiger partial charge in [-0.25, -0.2) is 4.98 Å². The molecule has 92 valence electrons. The first-order valence-electron chi connectivity index (χ1n) is 5.00. The highest BCUT2D eigenvalue weighted by atomic mass is 127. The quantitative estimate of drug-likeness (QED) is 0.501. The van der Waals surface area contributed by atoms with Gasteiger partial charge in [-0.3, -0.25) is 10.1 Å². The number of nitrogens with zero attached hydrogens (tertiary/aromatic N) is 2. The first-order chi connectivity index (χ1) is 8.58. The van der Waals surface area contributed by atoms with Crippen LogP contribution in [0.15, 0.2) is 36.4 Å². The summed E-state index contributed by atoms with van der Waals surface area (Å²) in [5, 5.41) is 13.7. The van der Waals surface area contributed by atoms with Crippen LogP contribution >= 0.6 is 22.6 Å². The van der Waals surface area contributed by atoms with Crippen LogP contribution in [0.3, 0.4) is 0 Å². The van der Waals surface area contributed by atoms with Gasteiger partial charge in [0.1, 0.15) is 5.82 Å². The third-order valence-corrected chi connectivity index (χ3v) is 3.18. The zero-order valence-corrected chi connectivity index (χ0v) is 11.3. The van der Waals surface area contributed by atoms with Gasteiger partial charge in [-0.1, -0.05) is 12.1 Å². The lowest BCUT2D eigenvalue weighted by molar-refractivity contribution is -0.384. The lowest BCUT2D eigenvalue weighted by Crippen LogP contribution is -2.02. The molecule has 0 aliphatic rings. The Morgan fingerprint density at radius 1 is 1.28 bits per heavy atom. The molecule has 0 radical (unpaired) electrons. The predicted octanol–water partition coefficient (Wildman–Crippen LogP) is 2.92. The van der Waals surface area contributed by atoms with Crippen LogP contribution in [-0.4, -0.2) is 9.91 Å². The van der Waals surface area contributed by atoms with E-state index in [1.165, 1.54) is 12.1 Å². The molecule has 0 unspecified atom stereocenters. The van der Waals surface area contributed by atoms with Crippen LogP contribution in [0.4, 0.5) is 23.0 Å². The summed E-state index contributed by atoms with van der Waals surface area (Å²) >= 11 is 2.18. The summed E-state index contributed by atoms with van der Waals surface area (Å²) in [6.07, 6.45) is 0. The molecule has 0 amide bonds. The molecule has 0 aliphatic carbocycles. The minimum absolute atomic E-state index is 0.101. The van der Waals surface area contributed by atoms with Crippen LogP contribution in [0.2, 0.25) is 0 Å². The van der Waals surface area contributed by atoms with Crippen molar-refractivity contribution in [3.05, 3.63) is 50.1 Å². The van der Waals surface area contributed by atoms with Gasteiger partial charge >= 0.3 is 5.69 Å². The van der Waals surface area contributed by atoms with Crippen LogP contribution in [0.5, 0.6) is 0 Å². The van der Waals surface area contributed by atoms with Gasteiger partial charge in [-0.15, -0.1) is 0 Å². The van der Waals surface area contributed by atoms with Crippen LogP contribution in [0.25, 0.3) is 0 Å². The SMILES string of the molecule is Nc1nc(Nc2ccccc2I)ccc1[N+](=O)[O-]. The number of anilines is 3. The Morgan fingerprint density at radius 3 is 2.61 bits per heavy atom. The fourth-order valence-electron chi connectivity index (χ4n) is 1.39. The van der Waals surface area contributed by atoms with Crippen molar-refractivity contribution >= 4 is 45.6 Å². The van der Waals surface area contributed by atoms with Crippen molar-refractivity contribution in [1.29, 1.82) is 0 Å². The molecule has 0 aliphatic heterocycles. The molecule has 0 atom stereocenters. The molecule has 0 fully saturated rings. The maximum Gasteiger partial charge on any atom is 0.311 e. The van der Waals surface area contributed by atoms with E-state index in [-0.39, 0.29) is 11.5 Å². The third kappa shape index (κ3) is 2.67. The third-order valence-electron chi connectivity index (χ3n) is 2.24. The Kier molecular flexibility index (Phi) is 3.60. The van der Waals surface area contributed by atoms with Gasteiger partial charge in [-0.05, 0) is 40.8 Å². The van der Waals surface area contributed by atoms with Crippen LogP contribution in [0.1, 0.15) is 0 Å². The zero-order chi connectivity index (χ0) is 13.1. The molecule has 6 nitrogen and oxygen atoms in total. The van der Waals surface area contributed by atoms with E-state index in [4.69, 9.17) is 5.73 Å². The molecule has 1 aromatic carbocycles. The highest BCUT2D eigenvalue weighted by molar-refractivity contribution is 14.1. The van der Waals surface area contributed by atoms with Crippen molar-refractivity contribution in [2.24, 2.45) is 0 Å². The average molecular weight is 356 g/mol. The number of nitrogens with two attached hydrogens (primary N) is 1. The van der Waals surface area contributed by atoms with Gasteiger partial charge in [0.15, 0.2) is 0 Å². The van der Waals surface area contributed by atoms with E-state index in [9.17, 15) is 10.1 Å². The summed E-state index contributed by atoms with van der Waals surface area (Å²) in [6.45, 7) is 0. The normalized spacial score (nSPS) is 10.1. The van der Waals surface area contributed by atoms with Crippen molar-refractivity contribution < 1.29 is 4.92 Å². The van der Waals surface area contributed by atoms with Crippen molar-refractivity contribution in [2.45, 2.75) is 0 Å². The van der Waals surface area contributed by atoms with Gasteiger partial charge in [0.05, 0.1) is 10.6 Å². The first kappa shape index (κ1) is 12.6. The van der Waals surface area contributed by atoms with Gasteiger partial charge < -0.3 is 11.1 Å². The van der Waals surface area contributed by atoms with E-state index in [0.717, 1.165) is 9.26 Å². The van der Waals surface area contributed by atoms with Crippen LogP contribution in [-0.2, 0) is 0 Å². The van der Waals surface area contributed by atoms with Gasteiger partial charge in [0.2, 0.25) is 5.82 Å². The maximum atomic E-state index is 10.6. The Hall–Kier alpha value is -1.90. The molecule has 1 aromatic heterocycles. The molecule has 0 saturated heterocycles. The Morgan fingerprint density at radius 2 is 2.00 bits per heavy atom. The number of nitro groups is 1. The zero-order valence-electron chi connectivity index (χ0n) is 9.13. The van der Waals surface area contributed by atoms with E-state index in [2.05, 4.69) is 32.9 Å². The molecule has 0 bridgehead atoms. The Labute approximate surface area is 117 Å². The number of nitrogens with one attached hydrogen (secondary N) is 1. The highest BCUT2D eigenvalue weighted by Crippen LogP contribution is 2.25. The molecular formula is C11H9IN4O2. The molecule has 7 heteroatoms. The van der Waals surface area contributed by atoms with E-state index >= 15 is 0 Å². The van der Waals surface area contributed by atoms with E-state index in [1.54, 1.807) is 0 Å². The Bertz CT molecular complexity index is 603. The molecule has 18 heavy (non-hydrogen) atoms. The predicted molar refractivity (Wildman–Crippen MR) is 77.7 cm³/mol. The van der Waals surface area contributed by atoms with Gasteiger partial charge in [-0.2, -0.15) is 0 Å². The van der Waals surface area contributed by atoms with Gasteiger partial charge in [0, 0.05) is 9.64 Å². The summed E-state index contributed by atoms with van der Waals surface area (Å²) in [4.78, 5) is 14.0. The smallest absolute Gasteiger partial charge is 0.311 e. The number of rotatable bonds is 3. The molecule has 1 heterocycles. The topological polar surface area (TPSA) is 94.1 Å². The fraction of sp³-hybridized carbons (Fsp3) is 0. The maximum absolute atomic E-state index is 10.6. The number of aromatic nitrogens is 1. The van der Waals surface area contributed by atoms with Gasteiger partial charge in [0.25, 0.3) is 0 Å². The number of benzene rings is 1. The highest BCUT2D eigenvalue weighted by Gasteiger charge is 2.13. The largest absolute Gasteiger partial charge is 0.378 e. The van der Waals surface area contributed by atoms with Crippen LogP contribution in [0, 0.1) is 13.7 Å². The second-order valence-electron chi connectivity index (χ2n) is 3.46. The standard InChI is InChI=1S/C11H9IN4O2/c12-7-3-1-2-4-8(7)14-10-6-5-9(16(17)18)11(13)15-10/h1-6H,(H3,13,14,15). The second kappa shape index (κ2) is 5.17. The molecule has 0 saturated carbocycles. The molecule has 0 spiro atoms. The number of nitrogen functional groups attached to an aromatic ring is 1. The first-order valence-corrected chi connectivity index (χ1v) is 6.08. The summed E-state index contributed by atoms with van der Waals surface area (Å²) in [5.41, 5.74) is 6.20. The van der Waals surface area contributed by atoms with E-state index in [1.807, 2.05) is 24.3 Å². The number of para-hydroxylation sites is 1. The Balaban J connectivity index is 2.29. The van der Waals surface area contributed by atoms with E-state index < -0.39 is 4.92 Å². The lowest BCUT2D eigenvalue weighted by Gasteiger charge is -2.07. The lowest BCUT2D eigenvalue weighted by atomic mass is 10.3. The average Bonchev–Trinajstić information content (AvgIpc) is 2.32. The van der Waals surface area contributed by atoms with Crippen LogP contribution < -0.4 is 11.1 Å². The number of hydrogen-bond acceptors (Lipinski definition) is 5. The summed E-state index contributed by atoms with van der Waals surface area (Å²) in [7, 11) is 0. The van der Waals surface area contributed by atoms with Crippen molar-refractivity contribution in [3.8, 4) is 0 Å². The van der Waals surface area contributed by atoms with Crippen molar-refractivity contribution in [3.63, 3.8) is 0 Å². The molecular weight excluding hydrogens is 347 g/mol. The summed E-state index contributed by atoms with van der Waals surface area (Å²) in [5.74, 6) is 0.373. The monoisotopic (exact) mass is 356 g/mol. The van der Waals surface area contributed by atoms with Crippen molar-refractivity contribution in [1.82, 2.24) is 4.98 Å².